The highest BCUT2D eigenvalue weighted by Crippen LogP contribution is 2.19. The first-order valence-corrected chi connectivity index (χ1v) is 34.8. The third-order valence-electron chi connectivity index (χ3n) is 16.7. The zero-order valence-corrected chi connectivity index (χ0v) is 51.3. The Balaban J connectivity index is 3.34. The number of esters is 1. The van der Waals surface area contributed by atoms with Gasteiger partial charge in [0.25, 0.3) is 0 Å². The standard InChI is InChI=1S/C69H137NO5/c1-3-5-7-9-11-13-15-17-19-20-31-34-37-41-45-49-53-57-61-67(72)66(65-71)70-68(73)62-58-54-50-46-42-38-35-32-29-27-25-23-21-22-24-26-28-30-33-36-40-44-48-52-56-60-64-75-69(74)63-59-55-51-47-43-39-18-16-14-12-10-8-6-4-2/h66-67,71-72H,3-65H2,1-2H3,(H,70,73). The van der Waals surface area contributed by atoms with Crippen molar-refractivity contribution in [1.29, 1.82) is 0 Å². The van der Waals surface area contributed by atoms with Crippen molar-refractivity contribution >= 4 is 11.9 Å². The molecule has 3 N–H and O–H groups in total. The Kier molecular flexibility index (Phi) is 64.4. The molecule has 0 aliphatic carbocycles. The van der Waals surface area contributed by atoms with Crippen LogP contribution >= 0.6 is 0 Å². The molecule has 6 nitrogen and oxygen atoms in total. The van der Waals surface area contributed by atoms with Crippen LogP contribution < -0.4 is 5.32 Å². The summed E-state index contributed by atoms with van der Waals surface area (Å²) < 4.78 is 5.49. The molecule has 75 heavy (non-hydrogen) atoms. The van der Waals surface area contributed by atoms with Crippen molar-refractivity contribution < 1.29 is 24.5 Å². The van der Waals surface area contributed by atoms with Crippen molar-refractivity contribution in [2.24, 2.45) is 0 Å². The number of carbonyl (C=O) groups is 2. The molecule has 0 aliphatic rings. The fourth-order valence-electron chi connectivity index (χ4n) is 11.4. The highest BCUT2D eigenvalue weighted by atomic mass is 16.5. The predicted molar refractivity (Wildman–Crippen MR) is 329 cm³/mol. The highest BCUT2D eigenvalue weighted by molar-refractivity contribution is 5.76. The van der Waals surface area contributed by atoms with Crippen LogP contribution in [0.4, 0.5) is 0 Å². The number of hydrogen-bond donors (Lipinski definition) is 3. The Hall–Kier alpha value is -1.14. The van der Waals surface area contributed by atoms with Gasteiger partial charge in [-0.05, 0) is 25.7 Å². The predicted octanol–water partition coefficient (Wildman–Crippen LogP) is 22.2. The first kappa shape index (κ1) is 73.9. The van der Waals surface area contributed by atoms with Crippen LogP contribution in [-0.4, -0.2) is 47.4 Å². The first-order chi connectivity index (χ1) is 37.0. The summed E-state index contributed by atoms with van der Waals surface area (Å²) >= 11 is 0. The second kappa shape index (κ2) is 65.4. The fraction of sp³-hybridized carbons (Fsp3) is 0.971. The van der Waals surface area contributed by atoms with E-state index in [-0.39, 0.29) is 18.5 Å². The van der Waals surface area contributed by atoms with Crippen LogP contribution in [0.15, 0.2) is 0 Å². The number of carbonyl (C=O) groups excluding carboxylic acids is 2. The molecule has 0 fully saturated rings. The van der Waals surface area contributed by atoms with Crippen molar-refractivity contribution in [2.75, 3.05) is 13.2 Å². The first-order valence-electron chi connectivity index (χ1n) is 34.8. The molecule has 0 aliphatic heterocycles. The highest BCUT2D eigenvalue weighted by Gasteiger charge is 2.20. The zero-order chi connectivity index (χ0) is 54.3. The average Bonchev–Trinajstić information content (AvgIpc) is 3.41. The van der Waals surface area contributed by atoms with Crippen LogP contribution in [0.25, 0.3) is 0 Å². The fourth-order valence-corrected chi connectivity index (χ4v) is 11.4. The lowest BCUT2D eigenvalue weighted by atomic mass is 10.0. The summed E-state index contributed by atoms with van der Waals surface area (Å²) in [7, 11) is 0. The van der Waals surface area contributed by atoms with Gasteiger partial charge in [0.05, 0.1) is 25.4 Å². The second-order valence-corrected chi connectivity index (χ2v) is 24.2. The molecule has 0 aromatic carbocycles. The molecule has 0 rings (SSSR count). The number of ether oxygens (including phenoxy) is 1. The molecule has 0 heterocycles. The maximum atomic E-state index is 12.5. The number of amides is 1. The summed E-state index contributed by atoms with van der Waals surface area (Å²) in [6.07, 6.45) is 78.6. The SMILES string of the molecule is CCCCCCCCCCCCCCCCCCCCC(O)C(CO)NC(=O)CCCCCCCCCCCCCCCCCCCCCCCCCCCCOC(=O)CCCCCCCCCCCCCCCC. The minimum absolute atomic E-state index is 0.0208. The van der Waals surface area contributed by atoms with E-state index in [1.807, 2.05) is 0 Å². The van der Waals surface area contributed by atoms with Gasteiger partial charge < -0.3 is 20.3 Å². The van der Waals surface area contributed by atoms with Crippen molar-refractivity contribution in [3.8, 4) is 0 Å². The van der Waals surface area contributed by atoms with E-state index in [4.69, 9.17) is 4.74 Å². The molecule has 0 aromatic rings. The Morgan fingerprint density at radius 1 is 0.320 bits per heavy atom. The number of hydrogen-bond acceptors (Lipinski definition) is 5. The van der Waals surface area contributed by atoms with Crippen LogP contribution in [0.3, 0.4) is 0 Å². The van der Waals surface area contributed by atoms with E-state index < -0.39 is 12.1 Å². The third-order valence-corrected chi connectivity index (χ3v) is 16.7. The smallest absolute Gasteiger partial charge is 0.305 e. The molecule has 448 valence electrons. The summed E-state index contributed by atoms with van der Waals surface area (Å²) in [5.41, 5.74) is 0. The van der Waals surface area contributed by atoms with E-state index in [2.05, 4.69) is 19.2 Å². The number of nitrogens with one attached hydrogen (secondary N) is 1. The van der Waals surface area contributed by atoms with E-state index in [0.717, 1.165) is 38.5 Å². The maximum Gasteiger partial charge on any atom is 0.305 e. The minimum Gasteiger partial charge on any atom is -0.466 e. The van der Waals surface area contributed by atoms with Gasteiger partial charge in [-0.25, -0.2) is 0 Å². The Labute approximate surface area is 470 Å². The number of unbranched alkanes of at least 4 members (excludes halogenated alkanes) is 55. The molecule has 0 aromatic heterocycles. The van der Waals surface area contributed by atoms with E-state index in [1.165, 1.54) is 334 Å². The largest absolute Gasteiger partial charge is 0.466 e. The number of aliphatic hydroxyl groups is 2. The van der Waals surface area contributed by atoms with Gasteiger partial charge in [0.1, 0.15) is 0 Å². The molecule has 0 saturated heterocycles. The van der Waals surface area contributed by atoms with Crippen LogP contribution in [0.1, 0.15) is 406 Å². The van der Waals surface area contributed by atoms with Crippen LogP contribution in [0, 0.1) is 0 Å². The van der Waals surface area contributed by atoms with Crippen molar-refractivity contribution in [3.63, 3.8) is 0 Å². The van der Waals surface area contributed by atoms with Gasteiger partial charge in [-0.2, -0.15) is 0 Å². The normalized spacial score (nSPS) is 12.4. The van der Waals surface area contributed by atoms with E-state index in [1.54, 1.807) is 0 Å². The van der Waals surface area contributed by atoms with Crippen LogP contribution in [0.5, 0.6) is 0 Å². The van der Waals surface area contributed by atoms with Crippen LogP contribution in [-0.2, 0) is 14.3 Å². The van der Waals surface area contributed by atoms with Gasteiger partial charge in [-0.1, -0.05) is 367 Å². The topological polar surface area (TPSA) is 95.9 Å². The Morgan fingerprint density at radius 2 is 0.547 bits per heavy atom. The van der Waals surface area contributed by atoms with Crippen molar-refractivity contribution in [3.05, 3.63) is 0 Å². The molecule has 0 saturated carbocycles. The Bertz CT molecular complexity index is 1080. The molecule has 0 bridgehead atoms. The average molecular weight is 1060 g/mol. The molecule has 2 atom stereocenters. The lowest BCUT2D eigenvalue weighted by Gasteiger charge is -2.22. The van der Waals surface area contributed by atoms with E-state index >= 15 is 0 Å². The van der Waals surface area contributed by atoms with Gasteiger partial charge >= 0.3 is 5.97 Å². The summed E-state index contributed by atoms with van der Waals surface area (Å²) in [4.78, 5) is 24.6. The number of aliphatic hydroxyl groups excluding tert-OH is 2. The van der Waals surface area contributed by atoms with Gasteiger partial charge in [0.15, 0.2) is 0 Å². The summed E-state index contributed by atoms with van der Waals surface area (Å²) in [5, 5.41) is 23.4. The monoisotopic (exact) mass is 1060 g/mol. The van der Waals surface area contributed by atoms with E-state index in [9.17, 15) is 19.8 Å². The second-order valence-electron chi connectivity index (χ2n) is 24.2. The summed E-state index contributed by atoms with van der Waals surface area (Å²) in [6, 6.07) is -0.539. The molecular formula is C69H137NO5. The number of rotatable bonds is 66. The molecule has 0 radical (unpaired) electrons. The molecule has 6 heteroatoms. The zero-order valence-electron chi connectivity index (χ0n) is 51.3. The van der Waals surface area contributed by atoms with Gasteiger partial charge in [-0.15, -0.1) is 0 Å². The summed E-state index contributed by atoms with van der Waals surface area (Å²) in [6.45, 7) is 5.00. The minimum atomic E-state index is -0.662. The molecule has 0 spiro atoms. The quantitative estimate of drug-likeness (QED) is 0.0417. The lowest BCUT2D eigenvalue weighted by molar-refractivity contribution is -0.143. The van der Waals surface area contributed by atoms with Crippen molar-refractivity contribution in [1.82, 2.24) is 5.32 Å². The lowest BCUT2D eigenvalue weighted by Crippen LogP contribution is -2.45. The van der Waals surface area contributed by atoms with Gasteiger partial charge in [-0.3, -0.25) is 9.59 Å². The molecular weight excluding hydrogens is 923 g/mol. The summed E-state index contributed by atoms with van der Waals surface area (Å²) in [5.74, 6) is -0.00717. The molecule has 2 unspecified atom stereocenters. The van der Waals surface area contributed by atoms with Crippen molar-refractivity contribution in [2.45, 2.75) is 418 Å². The maximum absolute atomic E-state index is 12.5. The molecule has 1 amide bonds. The Morgan fingerprint density at radius 3 is 0.813 bits per heavy atom. The van der Waals surface area contributed by atoms with Gasteiger partial charge in [0, 0.05) is 12.8 Å². The van der Waals surface area contributed by atoms with Gasteiger partial charge in [0.2, 0.25) is 5.91 Å². The third kappa shape index (κ3) is 61.9. The van der Waals surface area contributed by atoms with Crippen LogP contribution in [0.2, 0.25) is 0 Å². The van der Waals surface area contributed by atoms with E-state index in [0.29, 0.717) is 25.9 Å².